The first-order chi connectivity index (χ1) is 11.2. The molecule has 0 aliphatic carbocycles. The predicted octanol–water partition coefficient (Wildman–Crippen LogP) is 0.871. The Kier molecular flexibility index (Phi) is 4.87. The largest absolute Gasteiger partial charge is 0.492 e. The standard InChI is InChI=1S/C16H19FN4O2/c17-13-1-3-14(4-2-13)23-12-11-21-10-7-19-15(16(21)22)20-8-5-18-6-9-20/h1-4,7,10,18H,5-6,8-9,11-12H2. The van der Waals surface area contributed by atoms with Crippen LogP contribution in [-0.2, 0) is 6.54 Å². The molecule has 0 radical (unpaired) electrons. The number of hydrogen-bond donors (Lipinski definition) is 1. The van der Waals surface area contributed by atoms with Crippen LogP contribution >= 0.6 is 0 Å². The highest BCUT2D eigenvalue weighted by Crippen LogP contribution is 2.11. The van der Waals surface area contributed by atoms with Gasteiger partial charge in [0.2, 0.25) is 0 Å². The molecule has 2 aromatic rings. The van der Waals surface area contributed by atoms with Crippen molar-refractivity contribution in [3.05, 3.63) is 52.8 Å². The Bertz CT molecular complexity index is 696. The minimum atomic E-state index is -0.302. The van der Waals surface area contributed by atoms with E-state index in [1.54, 1.807) is 29.1 Å². The number of nitrogens with zero attached hydrogens (tertiary/aromatic N) is 3. The lowest BCUT2D eigenvalue weighted by Gasteiger charge is -2.27. The summed E-state index contributed by atoms with van der Waals surface area (Å²) in [4.78, 5) is 18.7. The fraction of sp³-hybridized carbons (Fsp3) is 0.375. The van der Waals surface area contributed by atoms with E-state index in [2.05, 4.69) is 10.3 Å². The third kappa shape index (κ3) is 3.87. The molecule has 1 aliphatic heterocycles. The first-order valence-corrected chi connectivity index (χ1v) is 7.63. The van der Waals surface area contributed by atoms with Gasteiger partial charge in [0.05, 0.1) is 6.54 Å². The van der Waals surface area contributed by atoms with Crippen LogP contribution in [0.5, 0.6) is 5.75 Å². The van der Waals surface area contributed by atoms with Gasteiger partial charge in [-0.15, -0.1) is 0 Å². The number of rotatable bonds is 5. The van der Waals surface area contributed by atoms with Gasteiger partial charge in [-0.25, -0.2) is 9.37 Å². The SMILES string of the molecule is O=c1c(N2CCNCC2)nccn1CCOc1ccc(F)cc1. The fourth-order valence-corrected chi connectivity index (χ4v) is 2.50. The molecule has 0 spiro atoms. The Morgan fingerprint density at radius 2 is 1.96 bits per heavy atom. The van der Waals surface area contributed by atoms with E-state index in [1.807, 2.05) is 4.90 Å². The van der Waals surface area contributed by atoms with Gasteiger partial charge in [0.1, 0.15) is 18.2 Å². The van der Waals surface area contributed by atoms with Crippen molar-refractivity contribution in [1.29, 1.82) is 0 Å². The van der Waals surface area contributed by atoms with Crippen molar-refractivity contribution in [2.24, 2.45) is 0 Å². The van der Waals surface area contributed by atoms with Crippen LogP contribution < -0.4 is 20.5 Å². The van der Waals surface area contributed by atoms with E-state index in [9.17, 15) is 9.18 Å². The van der Waals surface area contributed by atoms with Gasteiger partial charge in [-0.1, -0.05) is 0 Å². The topological polar surface area (TPSA) is 59.4 Å². The zero-order valence-electron chi connectivity index (χ0n) is 12.7. The van der Waals surface area contributed by atoms with Crippen LogP contribution in [0.15, 0.2) is 41.5 Å². The highest BCUT2D eigenvalue weighted by Gasteiger charge is 2.15. The van der Waals surface area contributed by atoms with E-state index in [0.29, 0.717) is 24.7 Å². The smallest absolute Gasteiger partial charge is 0.293 e. The second-order valence-electron chi connectivity index (χ2n) is 5.29. The summed E-state index contributed by atoms with van der Waals surface area (Å²) >= 11 is 0. The molecule has 23 heavy (non-hydrogen) atoms. The normalized spacial score (nSPS) is 14.7. The van der Waals surface area contributed by atoms with Crippen LogP contribution in [0.3, 0.4) is 0 Å². The van der Waals surface area contributed by atoms with Crippen LogP contribution in [0, 0.1) is 5.82 Å². The van der Waals surface area contributed by atoms with E-state index in [4.69, 9.17) is 4.74 Å². The average Bonchev–Trinajstić information content (AvgIpc) is 2.59. The molecule has 1 saturated heterocycles. The van der Waals surface area contributed by atoms with Gasteiger partial charge in [-0.2, -0.15) is 0 Å². The number of aromatic nitrogens is 2. The summed E-state index contributed by atoms with van der Waals surface area (Å²) in [6, 6.07) is 5.82. The molecule has 7 heteroatoms. The lowest BCUT2D eigenvalue weighted by atomic mass is 10.3. The summed E-state index contributed by atoms with van der Waals surface area (Å²) in [6.45, 7) is 4.00. The second-order valence-corrected chi connectivity index (χ2v) is 5.29. The van der Waals surface area contributed by atoms with Crippen LogP contribution in [0.2, 0.25) is 0 Å². The van der Waals surface area contributed by atoms with Crippen molar-refractivity contribution in [2.75, 3.05) is 37.7 Å². The summed E-state index contributed by atoms with van der Waals surface area (Å²) in [5.41, 5.74) is -0.114. The molecule has 0 saturated carbocycles. The van der Waals surface area contributed by atoms with Crippen molar-refractivity contribution in [2.45, 2.75) is 6.54 Å². The molecule has 0 bridgehead atoms. The zero-order chi connectivity index (χ0) is 16.1. The van der Waals surface area contributed by atoms with Crippen molar-refractivity contribution in [3.63, 3.8) is 0 Å². The lowest BCUT2D eigenvalue weighted by Crippen LogP contribution is -2.46. The second kappa shape index (κ2) is 7.23. The maximum Gasteiger partial charge on any atom is 0.293 e. The van der Waals surface area contributed by atoms with E-state index in [1.165, 1.54) is 12.1 Å². The third-order valence-electron chi connectivity index (χ3n) is 3.73. The monoisotopic (exact) mass is 318 g/mol. The van der Waals surface area contributed by atoms with Crippen LogP contribution in [0.25, 0.3) is 0 Å². The Morgan fingerprint density at radius 3 is 2.70 bits per heavy atom. The van der Waals surface area contributed by atoms with E-state index < -0.39 is 0 Å². The minimum absolute atomic E-state index is 0.114. The summed E-state index contributed by atoms with van der Waals surface area (Å²) < 4.78 is 20.0. The fourth-order valence-electron chi connectivity index (χ4n) is 2.50. The van der Waals surface area contributed by atoms with E-state index in [0.717, 1.165) is 26.2 Å². The maximum atomic E-state index is 12.8. The van der Waals surface area contributed by atoms with Crippen molar-refractivity contribution in [1.82, 2.24) is 14.9 Å². The number of ether oxygens (including phenoxy) is 1. The van der Waals surface area contributed by atoms with Gasteiger partial charge in [0, 0.05) is 38.6 Å². The molecule has 0 unspecified atom stereocenters. The van der Waals surface area contributed by atoms with Gasteiger partial charge < -0.3 is 19.5 Å². The Morgan fingerprint density at radius 1 is 1.22 bits per heavy atom. The first-order valence-electron chi connectivity index (χ1n) is 7.63. The summed E-state index contributed by atoms with van der Waals surface area (Å²) in [5, 5.41) is 3.25. The Balaban J connectivity index is 1.63. The predicted molar refractivity (Wildman–Crippen MR) is 85.5 cm³/mol. The molecule has 2 heterocycles. The molecule has 0 amide bonds. The summed E-state index contributed by atoms with van der Waals surface area (Å²) in [6.07, 6.45) is 3.29. The van der Waals surface area contributed by atoms with Gasteiger partial charge >= 0.3 is 0 Å². The van der Waals surface area contributed by atoms with E-state index >= 15 is 0 Å². The van der Waals surface area contributed by atoms with Gasteiger partial charge in [-0.05, 0) is 24.3 Å². The number of anilines is 1. The quantitative estimate of drug-likeness (QED) is 0.886. The van der Waals surface area contributed by atoms with Gasteiger partial charge in [-0.3, -0.25) is 4.79 Å². The highest BCUT2D eigenvalue weighted by atomic mass is 19.1. The summed E-state index contributed by atoms with van der Waals surface area (Å²) in [5.74, 6) is 0.759. The maximum absolute atomic E-state index is 12.8. The number of nitrogens with one attached hydrogen (secondary N) is 1. The number of hydrogen-bond acceptors (Lipinski definition) is 5. The first kappa shape index (κ1) is 15.5. The lowest BCUT2D eigenvalue weighted by molar-refractivity contribution is 0.295. The number of piperazine rings is 1. The van der Waals surface area contributed by atoms with Crippen LogP contribution in [-0.4, -0.2) is 42.3 Å². The van der Waals surface area contributed by atoms with Crippen molar-refractivity contribution >= 4 is 5.82 Å². The molecule has 122 valence electrons. The molecule has 1 fully saturated rings. The molecular weight excluding hydrogens is 299 g/mol. The molecule has 1 aromatic heterocycles. The van der Waals surface area contributed by atoms with Gasteiger partial charge in [0.25, 0.3) is 5.56 Å². The Labute approximate surface area is 133 Å². The van der Waals surface area contributed by atoms with Crippen molar-refractivity contribution in [3.8, 4) is 5.75 Å². The zero-order valence-corrected chi connectivity index (χ0v) is 12.7. The number of benzene rings is 1. The third-order valence-corrected chi connectivity index (χ3v) is 3.73. The number of halogens is 1. The van der Waals surface area contributed by atoms with Gasteiger partial charge in [0.15, 0.2) is 5.82 Å². The minimum Gasteiger partial charge on any atom is -0.492 e. The molecule has 3 rings (SSSR count). The molecule has 1 aromatic carbocycles. The van der Waals surface area contributed by atoms with E-state index in [-0.39, 0.29) is 11.4 Å². The van der Waals surface area contributed by atoms with Crippen LogP contribution in [0.4, 0.5) is 10.2 Å². The Hall–Kier alpha value is -2.41. The van der Waals surface area contributed by atoms with Crippen LogP contribution in [0.1, 0.15) is 0 Å². The molecular formula is C16H19FN4O2. The molecule has 6 nitrogen and oxygen atoms in total. The highest BCUT2D eigenvalue weighted by molar-refractivity contribution is 5.36. The molecule has 0 atom stereocenters. The van der Waals surface area contributed by atoms with Crippen molar-refractivity contribution < 1.29 is 9.13 Å². The molecule has 1 aliphatic rings. The summed E-state index contributed by atoms with van der Waals surface area (Å²) in [7, 11) is 0. The molecule has 1 N–H and O–H groups in total. The average molecular weight is 318 g/mol.